The zero-order valence-corrected chi connectivity index (χ0v) is 9.40. The van der Waals surface area contributed by atoms with Crippen molar-refractivity contribution in [1.82, 2.24) is 20.0 Å². The molecule has 0 saturated carbocycles. The largest absolute Gasteiger partial charge is 0.326 e. The molecule has 88 valence electrons. The second-order valence-electron chi connectivity index (χ2n) is 3.23. The van der Waals surface area contributed by atoms with E-state index in [1.54, 1.807) is 24.0 Å². The average Bonchev–Trinajstić information content (AvgIpc) is 2.70. The van der Waals surface area contributed by atoms with Gasteiger partial charge in [0.25, 0.3) is 5.91 Å². The number of urea groups is 1. The lowest BCUT2D eigenvalue weighted by molar-refractivity contribution is -0.121. The Hall–Kier alpha value is -1.60. The van der Waals surface area contributed by atoms with Crippen molar-refractivity contribution < 1.29 is 9.59 Å². The molecule has 3 N–H and O–H groups in total. The van der Waals surface area contributed by atoms with Gasteiger partial charge in [-0.3, -0.25) is 19.7 Å². The maximum Gasteiger partial charge on any atom is 0.326 e. The number of aryl methyl sites for hydroxylation is 1. The van der Waals surface area contributed by atoms with Crippen LogP contribution in [-0.4, -0.2) is 33.3 Å². The lowest BCUT2D eigenvalue weighted by Crippen LogP contribution is -2.35. The molecular weight excluding hydrogens is 234 g/mol. The van der Waals surface area contributed by atoms with Crippen LogP contribution in [0.4, 0.5) is 4.79 Å². The third kappa shape index (κ3) is 1.74. The van der Waals surface area contributed by atoms with Crippen molar-refractivity contribution in [2.24, 2.45) is 12.8 Å². The molecule has 7 nitrogen and oxygen atoms in total. The second-order valence-corrected chi connectivity index (χ2v) is 3.23. The first-order valence-electron chi connectivity index (χ1n) is 4.44. The summed E-state index contributed by atoms with van der Waals surface area (Å²) >= 11 is 0. The highest BCUT2D eigenvalue weighted by atomic mass is 35.5. The monoisotopic (exact) mass is 245 g/mol. The Balaban J connectivity index is 0.00000128. The zero-order chi connectivity index (χ0) is 11.0. The van der Waals surface area contributed by atoms with Gasteiger partial charge in [-0.15, -0.1) is 12.4 Å². The number of hydrogen-bond acceptors (Lipinski definition) is 4. The van der Waals surface area contributed by atoms with Crippen LogP contribution in [0, 0.1) is 0 Å². The minimum absolute atomic E-state index is 0. The fourth-order valence-corrected chi connectivity index (χ4v) is 1.64. The van der Waals surface area contributed by atoms with E-state index in [4.69, 9.17) is 5.73 Å². The first kappa shape index (κ1) is 12.5. The van der Waals surface area contributed by atoms with E-state index in [2.05, 4.69) is 10.4 Å². The molecule has 2 rings (SSSR count). The highest BCUT2D eigenvalue weighted by Crippen LogP contribution is 2.23. The SMILES string of the molecule is Cl.Cn1nccc1C1C(=O)NC(=O)N1CN. The van der Waals surface area contributed by atoms with Crippen molar-refractivity contribution in [2.45, 2.75) is 6.04 Å². The van der Waals surface area contributed by atoms with E-state index < -0.39 is 12.1 Å². The molecule has 1 aliphatic heterocycles. The molecule has 1 saturated heterocycles. The van der Waals surface area contributed by atoms with Gasteiger partial charge >= 0.3 is 6.03 Å². The van der Waals surface area contributed by atoms with E-state index in [1.807, 2.05) is 0 Å². The molecule has 1 atom stereocenters. The molecule has 1 unspecified atom stereocenters. The summed E-state index contributed by atoms with van der Waals surface area (Å²) in [6.07, 6.45) is 1.57. The Morgan fingerprint density at radius 3 is 2.75 bits per heavy atom. The summed E-state index contributed by atoms with van der Waals surface area (Å²) in [6, 6.07) is 0.551. The van der Waals surface area contributed by atoms with Crippen LogP contribution in [0.1, 0.15) is 11.7 Å². The molecule has 0 aromatic carbocycles. The van der Waals surface area contributed by atoms with Crippen LogP contribution in [0.25, 0.3) is 0 Å². The Labute approximate surface area is 98.0 Å². The summed E-state index contributed by atoms with van der Waals surface area (Å²) in [4.78, 5) is 24.1. The van der Waals surface area contributed by atoms with Crippen molar-refractivity contribution in [3.05, 3.63) is 18.0 Å². The van der Waals surface area contributed by atoms with Crippen LogP contribution >= 0.6 is 12.4 Å². The van der Waals surface area contributed by atoms with Gasteiger partial charge < -0.3 is 5.73 Å². The normalized spacial score (nSPS) is 19.6. The molecule has 0 bridgehead atoms. The Kier molecular flexibility index (Phi) is 3.51. The number of nitrogens with two attached hydrogens (primary N) is 1. The Morgan fingerprint density at radius 2 is 2.25 bits per heavy atom. The van der Waals surface area contributed by atoms with Crippen molar-refractivity contribution in [3.8, 4) is 0 Å². The number of hydrogen-bond donors (Lipinski definition) is 2. The van der Waals surface area contributed by atoms with Crippen molar-refractivity contribution in [2.75, 3.05) is 6.67 Å². The Bertz CT molecular complexity index is 418. The number of carbonyl (C=O) groups is 2. The molecule has 1 fully saturated rings. The van der Waals surface area contributed by atoms with Gasteiger partial charge in [-0.1, -0.05) is 0 Å². The maximum absolute atomic E-state index is 11.5. The lowest BCUT2D eigenvalue weighted by Gasteiger charge is -2.19. The fourth-order valence-electron chi connectivity index (χ4n) is 1.64. The fraction of sp³-hybridized carbons (Fsp3) is 0.375. The molecule has 1 aromatic heterocycles. The van der Waals surface area contributed by atoms with Gasteiger partial charge in [-0.05, 0) is 6.07 Å². The first-order chi connectivity index (χ1) is 7.15. The highest BCUT2D eigenvalue weighted by molar-refractivity contribution is 6.04. The zero-order valence-electron chi connectivity index (χ0n) is 8.58. The molecular formula is C8H12ClN5O2. The van der Waals surface area contributed by atoms with Crippen LogP contribution in [0.15, 0.2) is 12.3 Å². The number of carbonyl (C=O) groups excluding carboxylic acids is 2. The van der Waals surface area contributed by atoms with Crippen molar-refractivity contribution in [3.63, 3.8) is 0 Å². The predicted octanol–water partition coefficient (Wildman–Crippen LogP) is -0.649. The molecule has 16 heavy (non-hydrogen) atoms. The van der Waals surface area contributed by atoms with Gasteiger partial charge in [0.1, 0.15) is 0 Å². The molecule has 8 heteroatoms. The summed E-state index contributed by atoms with van der Waals surface area (Å²) in [6.45, 7) is -0.00653. The number of nitrogens with zero attached hydrogens (tertiary/aromatic N) is 3. The van der Waals surface area contributed by atoms with Crippen LogP contribution < -0.4 is 11.1 Å². The van der Waals surface area contributed by atoms with Crippen molar-refractivity contribution in [1.29, 1.82) is 0 Å². The highest BCUT2D eigenvalue weighted by Gasteiger charge is 2.40. The van der Waals surface area contributed by atoms with Gasteiger partial charge in [0.05, 0.1) is 12.4 Å². The van der Waals surface area contributed by atoms with E-state index in [0.29, 0.717) is 5.69 Å². The number of rotatable bonds is 2. The number of aromatic nitrogens is 2. The smallest absolute Gasteiger partial charge is 0.314 e. The first-order valence-corrected chi connectivity index (χ1v) is 4.44. The number of nitrogens with one attached hydrogen (secondary N) is 1. The van der Waals surface area contributed by atoms with Crippen LogP contribution in [-0.2, 0) is 11.8 Å². The molecule has 0 spiro atoms. The van der Waals surface area contributed by atoms with Crippen LogP contribution in [0.3, 0.4) is 0 Å². The van der Waals surface area contributed by atoms with E-state index in [9.17, 15) is 9.59 Å². The molecule has 1 aromatic rings. The quantitative estimate of drug-likeness (QED) is 0.677. The average molecular weight is 246 g/mol. The molecule has 3 amide bonds. The molecule has 0 aliphatic carbocycles. The van der Waals surface area contributed by atoms with E-state index >= 15 is 0 Å². The second kappa shape index (κ2) is 4.50. The van der Waals surface area contributed by atoms with Gasteiger partial charge in [-0.25, -0.2) is 4.79 Å². The summed E-state index contributed by atoms with van der Waals surface area (Å²) in [5.41, 5.74) is 6.06. The van der Waals surface area contributed by atoms with Gasteiger partial charge in [0.2, 0.25) is 0 Å². The third-order valence-electron chi connectivity index (χ3n) is 2.39. The van der Waals surface area contributed by atoms with Crippen molar-refractivity contribution >= 4 is 24.3 Å². The maximum atomic E-state index is 11.5. The third-order valence-corrected chi connectivity index (χ3v) is 2.39. The summed E-state index contributed by atoms with van der Waals surface area (Å²) in [5.74, 6) is -0.367. The topological polar surface area (TPSA) is 93.2 Å². The van der Waals surface area contributed by atoms with E-state index in [-0.39, 0.29) is 25.0 Å². The molecule has 0 radical (unpaired) electrons. The lowest BCUT2D eigenvalue weighted by atomic mass is 10.2. The summed E-state index contributed by atoms with van der Waals surface area (Å²) in [5, 5.41) is 6.16. The number of amides is 3. The molecule has 2 heterocycles. The summed E-state index contributed by atoms with van der Waals surface area (Å²) < 4.78 is 1.55. The standard InChI is InChI=1S/C8H11N5O2.ClH/c1-12-5(2-3-10-12)6-7(14)11-8(15)13(6)4-9;/h2-3,6H,4,9H2,1H3,(H,11,14,15);1H. The minimum atomic E-state index is -0.671. The minimum Gasteiger partial charge on any atom is -0.314 e. The van der Waals surface area contributed by atoms with E-state index in [1.165, 1.54) is 4.90 Å². The number of halogens is 1. The van der Waals surface area contributed by atoms with Gasteiger partial charge in [0, 0.05) is 13.2 Å². The van der Waals surface area contributed by atoms with E-state index in [0.717, 1.165) is 0 Å². The number of imide groups is 1. The van der Waals surface area contributed by atoms with Crippen LogP contribution in [0.5, 0.6) is 0 Å². The van der Waals surface area contributed by atoms with Crippen LogP contribution in [0.2, 0.25) is 0 Å². The van der Waals surface area contributed by atoms with Gasteiger partial charge in [0.15, 0.2) is 6.04 Å². The molecule has 1 aliphatic rings. The van der Waals surface area contributed by atoms with Gasteiger partial charge in [-0.2, -0.15) is 5.10 Å². The predicted molar refractivity (Wildman–Crippen MR) is 57.6 cm³/mol. The Morgan fingerprint density at radius 1 is 1.56 bits per heavy atom. The summed E-state index contributed by atoms with van der Waals surface area (Å²) in [7, 11) is 1.71.